The Kier molecular flexibility index (Phi) is 6.61. The topological polar surface area (TPSA) is 51.0 Å². The van der Waals surface area contributed by atoms with E-state index in [4.69, 9.17) is 0 Å². The lowest BCUT2D eigenvalue weighted by Crippen LogP contribution is -2.27. The van der Waals surface area contributed by atoms with E-state index in [1.807, 2.05) is 34.9 Å². The highest BCUT2D eigenvalue weighted by molar-refractivity contribution is 7.99. The lowest BCUT2D eigenvalue weighted by molar-refractivity contribution is -0.127. The third kappa shape index (κ3) is 5.03. The molecule has 8 heteroatoms. The summed E-state index contributed by atoms with van der Waals surface area (Å²) in [7, 11) is 1.71. The first-order valence-corrected chi connectivity index (χ1v) is 10.9. The van der Waals surface area contributed by atoms with Crippen LogP contribution in [0.4, 0.5) is 8.78 Å². The molecule has 0 fully saturated rings. The van der Waals surface area contributed by atoms with Crippen molar-refractivity contribution < 1.29 is 13.6 Å². The molecule has 162 valence electrons. The van der Waals surface area contributed by atoms with Crippen LogP contribution in [0.25, 0.3) is 17.1 Å². The third-order valence-electron chi connectivity index (χ3n) is 4.83. The molecule has 0 bridgehead atoms. The van der Waals surface area contributed by atoms with Gasteiger partial charge in [0.15, 0.2) is 11.0 Å². The van der Waals surface area contributed by atoms with Gasteiger partial charge in [-0.15, -0.1) is 10.2 Å². The lowest BCUT2D eigenvalue weighted by Gasteiger charge is -2.17. The van der Waals surface area contributed by atoms with E-state index in [-0.39, 0.29) is 23.3 Å². The van der Waals surface area contributed by atoms with Gasteiger partial charge in [-0.1, -0.05) is 42.1 Å². The highest BCUT2D eigenvalue weighted by Gasteiger charge is 2.18. The van der Waals surface area contributed by atoms with Crippen LogP contribution in [-0.4, -0.2) is 38.4 Å². The first kappa shape index (κ1) is 21.7. The number of thioether (sulfide) groups is 1. The monoisotopic (exact) mass is 450 g/mol. The second kappa shape index (κ2) is 9.74. The van der Waals surface area contributed by atoms with Crippen molar-refractivity contribution in [2.75, 3.05) is 12.8 Å². The normalized spacial score (nSPS) is 10.8. The highest BCUT2D eigenvalue weighted by Crippen LogP contribution is 2.28. The summed E-state index contributed by atoms with van der Waals surface area (Å²) >= 11 is 1.27. The van der Waals surface area contributed by atoms with Gasteiger partial charge in [-0.2, -0.15) is 0 Å². The predicted octanol–water partition coefficient (Wildman–Crippen LogP) is 4.96. The van der Waals surface area contributed by atoms with E-state index >= 15 is 0 Å². The number of carbonyl (C=O) groups is 1. The zero-order chi connectivity index (χ0) is 22.5. The van der Waals surface area contributed by atoms with E-state index in [1.54, 1.807) is 36.2 Å². The summed E-state index contributed by atoms with van der Waals surface area (Å²) in [6.45, 7) is 0.381. The average molecular weight is 451 g/mol. The summed E-state index contributed by atoms with van der Waals surface area (Å²) < 4.78 is 28.3. The summed E-state index contributed by atoms with van der Waals surface area (Å²) in [6.07, 6.45) is 0. The van der Waals surface area contributed by atoms with Gasteiger partial charge in [-0.25, -0.2) is 8.78 Å². The Hall–Kier alpha value is -3.52. The molecule has 0 N–H and O–H groups in total. The highest BCUT2D eigenvalue weighted by atomic mass is 32.2. The molecule has 0 saturated heterocycles. The number of hydrogen-bond acceptors (Lipinski definition) is 4. The van der Waals surface area contributed by atoms with Crippen molar-refractivity contribution in [1.29, 1.82) is 0 Å². The van der Waals surface area contributed by atoms with Crippen molar-refractivity contribution in [2.24, 2.45) is 0 Å². The standard InChI is InChI=1S/C24H20F2N4OS/c1-29(15-17-7-11-19(25)12-8-17)22(31)16-32-24-28-27-23(18-9-13-20(26)14-10-18)30(24)21-5-3-2-4-6-21/h2-14H,15-16H2,1H3. The smallest absolute Gasteiger partial charge is 0.233 e. The maximum Gasteiger partial charge on any atom is 0.233 e. The minimum absolute atomic E-state index is 0.0923. The summed E-state index contributed by atoms with van der Waals surface area (Å²) in [6, 6.07) is 21.7. The summed E-state index contributed by atoms with van der Waals surface area (Å²) in [4.78, 5) is 14.3. The van der Waals surface area contributed by atoms with E-state index in [9.17, 15) is 13.6 Å². The molecule has 1 amide bonds. The molecule has 0 aliphatic carbocycles. The van der Waals surface area contributed by atoms with Gasteiger partial charge in [0.05, 0.1) is 5.75 Å². The summed E-state index contributed by atoms with van der Waals surface area (Å²) in [5, 5.41) is 9.14. The van der Waals surface area contributed by atoms with Crippen LogP contribution in [0.3, 0.4) is 0 Å². The van der Waals surface area contributed by atoms with Crippen LogP contribution in [0.15, 0.2) is 84.0 Å². The Labute approximate surface area is 188 Å². The maximum atomic E-state index is 13.4. The van der Waals surface area contributed by atoms with Crippen LogP contribution >= 0.6 is 11.8 Å². The molecule has 0 radical (unpaired) electrons. The van der Waals surface area contributed by atoms with E-state index in [0.717, 1.165) is 11.3 Å². The fraction of sp³-hybridized carbons (Fsp3) is 0.125. The van der Waals surface area contributed by atoms with Gasteiger partial charge >= 0.3 is 0 Å². The number of benzene rings is 3. The largest absolute Gasteiger partial charge is 0.341 e. The number of nitrogens with zero attached hydrogens (tertiary/aromatic N) is 4. The Bertz CT molecular complexity index is 1200. The van der Waals surface area contributed by atoms with E-state index in [1.165, 1.54) is 36.0 Å². The fourth-order valence-corrected chi connectivity index (χ4v) is 4.04. The second-order valence-electron chi connectivity index (χ2n) is 7.15. The van der Waals surface area contributed by atoms with Crippen LogP contribution in [-0.2, 0) is 11.3 Å². The van der Waals surface area contributed by atoms with Crippen molar-refractivity contribution in [3.63, 3.8) is 0 Å². The number of aromatic nitrogens is 3. The number of para-hydroxylation sites is 1. The molecule has 32 heavy (non-hydrogen) atoms. The molecule has 0 atom stereocenters. The SMILES string of the molecule is CN(Cc1ccc(F)cc1)C(=O)CSc1nnc(-c2ccc(F)cc2)n1-c1ccccc1. The van der Waals surface area contributed by atoms with Gasteiger partial charge in [-0.05, 0) is 54.1 Å². The summed E-state index contributed by atoms with van der Waals surface area (Å²) in [5.74, 6) is -0.0120. The van der Waals surface area contributed by atoms with Crippen molar-refractivity contribution in [3.8, 4) is 17.1 Å². The molecule has 0 aliphatic heterocycles. The lowest BCUT2D eigenvalue weighted by atomic mass is 10.2. The molecule has 4 rings (SSSR count). The van der Waals surface area contributed by atoms with Gasteiger partial charge in [0.1, 0.15) is 11.6 Å². The Balaban J connectivity index is 1.53. The van der Waals surface area contributed by atoms with Gasteiger partial charge in [-0.3, -0.25) is 9.36 Å². The quantitative estimate of drug-likeness (QED) is 0.374. The molecule has 1 heterocycles. The zero-order valence-electron chi connectivity index (χ0n) is 17.3. The minimum atomic E-state index is -0.330. The first-order chi connectivity index (χ1) is 15.5. The number of halogens is 2. The molecular formula is C24H20F2N4OS. The minimum Gasteiger partial charge on any atom is -0.341 e. The molecule has 1 aromatic heterocycles. The van der Waals surface area contributed by atoms with Gasteiger partial charge in [0, 0.05) is 24.8 Å². The Morgan fingerprint density at radius 2 is 1.53 bits per heavy atom. The van der Waals surface area contributed by atoms with Gasteiger partial charge < -0.3 is 4.90 Å². The van der Waals surface area contributed by atoms with Crippen LogP contribution in [0, 0.1) is 11.6 Å². The van der Waals surface area contributed by atoms with Crippen molar-refractivity contribution in [3.05, 3.63) is 96.1 Å². The zero-order valence-corrected chi connectivity index (χ0v) is 18.1. The van der Waals surface area contributed by atoms with Crippen LogP contribution in [0.2, 0.25) is 0 Å². The van der Waals surface area contributed by atoms with Crippen LogP contribution in [0.5, 0.6) is 0 Å². The Morgan fingerprint density at radius 1 is 0.906 bits per heavy atom. The molecular weight excluding hydrogens is 430 g/mol. The van der Waals surface area contributed by atoms with Crippen LogP contribution in [0.1, 0.15) is 5.56 Å². The molecule has 0 spiro atoms. The van der Waals surface area contributed by atoms with Gasteiger partial charge in [0.2, 0.25) is 5.91 Å². The Morgan fingerprint density at radius 3 is 2.19 bits per heavy atom. The number of hydrogen-bond donors (Lipinski definition) is 0. The van der Waals surface area contributed by atoms with Crippen molar-refractivity contribution in [1.82, 2.24) is 19.7 Å². The maximum absolute atomic E-state index is 13.4. The predicted molar refractivity (Wildman–Crippen MR) is 120 cm³/mol. The molecule has 5 nitrogen and oxygen atoms in total. The molecule has 4 aromatic rings. The number of amides is 1. The molecule has 3 aromatic carbocycles. The van der Waals surface area contributed by atoms with Crippen LogP contribution < -0.4 is 0 Å². The molecule has 0 saturated carbocycles. The second-order valence-corrected chi connectivity index (χ2v) is 8.09. The van der Waals surface area contributed by atoms with Crippen molar-refractivity contribution >= 4 is 17.7 Å². The molecule has 0 unspecified atom stereocenters. The number of carbonyl (C=O) groups excluding carboxylic acids is 1. The molecule has 0 aliphatic rings. The van der Waals surface area contributed by atoms with Gasteiger partial charge in [0.25, 0.3) is 0 Å². The number of rotatable bonds is 7. The van der Waals surface area contributed by atoms with Crippen molar-refractivity contribution in [2.45, 2.75) is 11.7 Å². The summed E-state index contributed by atoms with van der Waals surface area (Å²) in [5.41, 5.74) is 2.40. The van der Waals surface area contributed by atoms with E-state index < -0.39 is 0 Å². The fourth-order valence-electron chi connectivity index (χ4n) is 3.15. The third-order valence-corrected chi connectivity index (χ3v) is 5.75. The average Bonchev–Trinajstić information content (AvgIpc) is 3.24. The van der Waals surface area contributed by atoms with E-state index in [0.29, 0.717) is 23.1 Å². The first-order valence-electron chi connectivity index (χ1n) is 9.89. The van der Waals surface area contributed by atoms with E-state index in [2.05, 4.69) is 10.2 Å².